The number of benzene rings is 1. The minimum absolute atomic E-state index is 0.548. The number of hydrogen-bond acceptors (Lipinski definition) is 4. The number of fused-ring (bicyclic) bond motifs is 1. The average molecular weight is 290 g/mol. The van der Waals surface area contributed by atoms with E-state index in [2.05, 4.69) is 16.4 Å². The molecule has 3 rings (SSSR count). The van der Waals surface area contributed by atoms with Crippen LogP contribution in [-0.4, -0.2) is 4.98 Å². The number of thiazole rings is 1. The highest BCUT2D eigenvalue weighted by atomic mass is 35.5. The van der Waals surface area contributed by atoms with Crippen molar-refractivity contribution in [1.82, 2.24) is 4.98 Å². The van der Waals surface area contributed by atoms with Crippen LogP contribution in [0.5, 0.6) is 0 Å². The van der Waals surface area contributed by atoms with Crippen LogP contribution in [0, 0.1) is 11.3 Å². The van der Waals surface area contributed by atoms with Crippen molar-refractivity contribution >= 4 is 33.8 Å². The van der Waals surface area contributed by atoms with Crippen molar-refractivity contribution in [3.8, 4) is 6.07 Å². The molecule has 0 radical (unpaired) electrons. The Morgan fingerprint density at radius 1 is 1.32 bits per heavy atom. The molecule has 0 fully saturated rings. The molecule has 96 valence electrons. The molecule has 1 N–H and O–H groups in total. The largest absolute Gasteiger partial charge is 0.330 e. The van der Waals surface area contributed by atoms with E-state index in [4.69, 9.17) is 16.9 Å². The van der Waals surface area contributed by atoms with Gasteiger partial charge in [0.2, 0.25) is 0 Å². The van der Waals surface area contributed by atoms with E-state index < -0.39 is 0 Å². The molecular weight excluding hydrogens is 278 g/mol. The maximum atomic E-state index is 8.81. The standard InChI is InChI=1S/C14H12ClN3S/c15-10-7-9(8-16)5-6-11(10)17-14-18-12-3-1-2-4-13(12)19-14/h5-7H,1-4H2,(H,17,18). The number of aromatic nitrogens is 1. The summed E-state index contributed by atoms with van der Waals surface area (Å²) in [5.41, 5.74) is 2.59. The predicted molar refractivity (Wildman–Crippen MR) is 78.2 cm³/mol. The van der Waals surface area contributed by atoms with Crippen LogP contribution in [0.15, 0.2) is 18.2 Å². The van der Waals surface area contributed by atoms with Crippen LogP contribution >= 0.6 is 22.9 Å². The molecule has 1 aromatic carbocycles. The monoisotopic (exact) mass is 289 g/mol. The highest BCUT2D eigenvalue weighted by molar-refractivity contribution is 7.15. The van der Waals surface area contributed by atoms with Crippen molar-refractivity contribution < 1.29 is 0 Å². The Kier molecular flexibility index (Phi) is 3.41. The fourth-order valence-electron chi connectivity index (χ4n) is 2.21. The van der Waals surface area contributed by atoms with E-state index >= 15 is 0 Å². The van der Waals surface area contributed by atoms with Gasteiger partial charge in [0.05, 0.1) is 28.0 Å². The summed E-state index contributed by atoms with van der Waals surface area (Å²) >= 11 is 7.85. The van der Waals surface area contributed by atoms with Crippen molar-refractivity contribution in [2.75, 3.05) is 5.32 Å². The number of rotatable bonds is 2. The summed E-state index contributed by atoms with van der Waals surface area (Å²) in [6.07, 6.45) is 4.70. The summed E-state index contributed by atoms with van der Waals surface area (Å²) in [6, 6.07) is 7.31. The lowest BCUT2D eigenvalue weighted by Gasteiger charge is -2.06. The van der Waals surface area contributed by atoms with Gasteiger partial charge in [0, 0.05) is 4.88 Å². The molecule has 1 aliphatic rings. The number of aryl methyl sites for hydroxylation is 2. The molecule has 19 heavy (non-hydrogen) atoms. The van der Waals surface area contributed by atoms with Crippen LogP contribution in [-0.2, 0) is 12.8 Å². The van der Waals surface area contributed by atoms with Crippen LogP contribution in [0.1, 0.15) is 29.0 Å². The fraction of sp³-hybridized carbons (Fsp3) is 0.286. The van der Waals surface area contributed by atoms with E-state index in [1.165, 1.54) is 23.4 Å². The molecule has 5 heteroatoms. The van der Waals surface area contributed by atoms with Crippen LogP contribution in [0.3, 0.4) is 0 Å². The molecule has 1 aliphatic carbocycles. The molecular formula is C14H12ClN3S. The lowest BCUT2D eigenvalue weighted by atomic mass is 10.0. The van der Waals surface area contributed by atoms with E-state index in [1.807, 2.05) is 6.07 Å². The topological polar surface area (TPSA) is 48.7 Å². The summed E-state index contributed by atoms with van der Waals surface area (Å²) < 4.78 is 0. The van der Waals surface area contributed by atoms with Crippen LogP contribution in [0.2, 0.25) is 5.02 Å². The van der Waals surface area contributed by atoms with E-state index in [-0.39, 0.29) is 0 Å². The highest BCUT2D eigenvalue weighted by Gasteiger charge is 2.15. The number of anilines is 2. The van der Waals surface area contributed by atoms with Gasteiger partial charge < -0.3 is 5.32 Å². The highest BCUT2D eigenvalue weighted by Crippen LogP contribution is 2.33. The number of nitriles is 1. The third-order valence-electron chi connectivity index (χ3n) is 3.19. The Balaban J connectivity index is 1.85. The lowest BCUT2D eigenvalue weighted by molar-refractivity contribution is 0.683. The minimum Gasteiger partial charge on any atom is -0.330 e. The van der Waals surface area contributed by atoms with Crippen molar-refractivity contribution in [1.29, 1.82) is 5.26 Å². The van der Waals surface area contributed by atoms with Gasteiger partial charge in [-0.3, -0.25) is 0 Å². The first-order valence-corrected chi connectivity index (χ1v) is 7.41. The molecule has 2 aromatic rings. The van der Waals surface area contributed by atoms with Gasteiger partial charge in [0.15, 0.2) is 5.13 Å². The summed E-state index contributed by atoms with van der Waals surface area (Å²) in [6.45, 7) is 0. The van der Waals surface area contributed by atoms with Gasteiger partial charge in [-0.25, -0.2) is 4.98 Å². The van der Waals surface area contributed by atoms with Crippen molar-refractivity contribution in [2.24, 2.45) is 0 Å². The molecule has 0 saturated heterocycles. The first-order chi connectivity index (χ1) is 9.26. The molecule has 0 unspecified atom stereocenters. The van der Waals surface area contributed by atoms with Gasteiger partial charge in [-0.15, -0.1) is 11.3 Å². The predicted octanol–water partition coefficient (Wildman–Crippen LogP) is 4.29. The minimum atomic E-state index is 0.548. The third-order valence-corrected chi connectivity index (χ3v) is 4.57. The van der Waals surface area contributed by atoms with Gasteiger partial charge >= 0.3 is 0 Å². The molecule has 0 atom stereocenters. The number of halogens is 1. The zero-order chi connectivity index (χ0) is 13.2. The fourth-order valence-corrected chi connectivity index (χ4v) is 3.50. The molecule has 0 saturated carbocycles. The second kappa shape index (κ2) is 5.20. The van der Waals surface area contributed by atoms with Gasteiger partial charge in [-0.1, -0.05) is 11.6 Å². The Hall–Kier alpha value is -1.57. The number of nitrogens with zero attached hydrogens (tertiary/aromatic N) is 2. The SMILES string of the molecule is N#Cc1ccc(Nc2nc3c(s2)CCCC3)c(Cl)c1. The van der Waals surface area contributed by atoms with Gasteiger partial charge in [0.25, 0.3) is 0 Å². The van der Waals surface area contributed by atoms with E-state index in [0.29, 0.717) is 10.6 Å². The summed E-state index contributed by atoms with van der Waals surface area (Å²) in [5, 5.41) is 13.5. The number of hydrogen-bond donors (Lipinski definition) is 1. The normalized spacial score (nSPS) is 13.7. The first kappa shape index (κ1) is 12.5. The first-order valence-electron chi connectivity index (χ1n) is 6.21. The van der Waals surface area contributed by atoms with Crippen LogP contribution < -0.4 is 5.32 Å². The zero-order valence-electron chi connectivity index (χ0n) is 10.2. The van der Waals surface area contributed by atoms with Gasteiger partial charge in [0.1, 0.15) is 0 Å². The molecule has 1 heterocycles. The Morgan fingerprint density at radius 2 is 2.16 bits per heavy atom. The van der Waals surface area contributed by atoms with Crippen molar-refractivity contribution in [2.45, 2.75) is 25.7 Å². The Labute approximate surface area is 120 Å². The lowest BCUT2D eigenvalue weighted by Crippen LogP contribution is -1.99. The second-order valence-corrected chi connectivity index (χ2v) is 6.02. The summed E-state index contributed by atoms with van der Waals surface area (Å²) in [5.74, 6) is 0. The average Bonchev–Trinajstić information content (AvgIpc) is 2.83. The third kappa shape index (κ3) is 2.58. The molecule has 0 bridgehead atoms. The van der Waals surface area contributed by atoms with E-state index in [9.17, 15) is 0 Å². The van der Waals surface area contributed by atoms with Crippen LogP contribution in [0.25, 0.3) is 0 Å². The number of nitrogens with one attached hydrogen (secondary N) is 1. The van der Waals surface area contributed by atoms with Gasteiger partial charge in [-0.2, -0.15) is 5.26 Å². The maximum absolute atomic E-state index is 8.81. The van der Waals surface area contributed by atoms with Crippen molar-refractivity contribution in [3.05, 3.63) is 39.4 Å². The van der Waals surface area contributed by atoms with E-state index in [1.54, 1.807) is 23.5 Å². The quantitative estimate of drug-likeness (QED) is 0.897. The maximum Gasteiger partial charge on any atom is 0.187 e. The zero-order valence-corrected chi connectivity index (χ0v) is 11.8. The summed E-state index contributed by atoms with van der Waals surface area (Å²) in [7, 11) is 0. The molecule has 0 amide bonds. The van der Waals surface area contributed by atoms with Crippen molar-refractivity contribution in [3.63, 3.8) is 0 Å². The molecule has 0 aliphatic heterocycles. The van der Waals surface area contributed by atoms with Crippen LogP contribution in [0.4, 0.5) is 10.8 Å². The second-order valence-electron chi connectivity index (χ2n) is 4.53. The molecule has 1 aromatic heterocycles. The molecule has 3 nitrogen and oxygen atoms in total. The van der Waals surface area contributed by atoms with Gasteiger partial charge in [-0.05, 0) is 43.9 Å². The van der Waals surface area contributed by atoms with E-state index in [0.717, 1.165) is 23.7 Å². The Morgan fingerprint density at radius 3 is 2.89 bits per heavy atom. The summed E-state index contributed by atoms with van der Waals surface area (Å²) in [4.78, 5) is 6.00. The molecule has 0 spiro atoms. The Bertz CT molecular complexity index is 634. The smallest absolute Gasteiger partial charge is 0.187 e.